The first-order chi connectivity index (χ1) is 16.7. The fourth-order valence-corrected chi connectivity index (χ4v) is 5.15. The molecule has 1 amide bonds. The van der Waals surface area contributed by atoms with Crippen LogP contribution < -0.4 is 5.32 Å². The average molecular weight is 463 g/mol. The molecule has 1 aliphatic heterocycles. The third-order valence-corrected chi connectivity index (χ3v) is 7.00. The Morgan fingerprint density at radius 2 is 2.09 bits per heavy atom. The minimum absolute atomic E-state index is 0.00449. The number of hydrogen-bond acceptors (Lipinski definition) is 7. The maximum Gasteiger partial charge on any atom is 0.242 e. The summed E-state index contributed by atoms with van der Waals surface area (Å²) in [5, 5.41) is 18.6. The molecule has 0 spiro atoms. The number of aryl methyl sites for hydroxylation is 1. The zero-order valence-corrected chi connectivity index (χ0v) is 19.5. The van der Waals surface area contributed by atoms with Gasteiger partial charge in [-0.25, -0.2) is 9.97 Å². The SMILES string of the molecule is Cn1ccc2c(-c3cn(C(CC#N)C4CCCC4)nc3NCC(=O)N3CCOCC3)ncnc21. The average Bonchev–Trinajstić information content (AvgIpc) is 3.62. The van der Waals surface area contributed by atoms with Crippen LogP contribution >= 0.6 is 0 Å². The van der Waals surface area contributed by atoms with Gasteiger partial charge in [0, 0.05) is 37.9 Å². The van der Waals surface area contributed by atoms with Crippen molar-refractivity contribution in [2.24, 2.45) is 13.0 Å². The number of amides is 1. The van der Waals surface area contributed by atoms with E-state index in [2.05, 4.69) is 21.4 Å². The quantitative estimate of drug-likeness (QED) is 0.574. The molecule has 0 radical (unpaired) electrons. The van der Waals surface area contributed by atoms with Gasteiger partial charge in [0.25, 0.3) is 0 Å². The number of aromatic nitrogens is 5. The lowest BCUT2D eigenvalue weighted by molar-refractivity contribution is -0.133. The lowest BCUT2D eigenvalue weighted by Crippen LogP contribution is -2.43. The number of carbonyl (C=O) groups excluding carboxylic acids is 1. The Bertz CT molecular complexity index is 1200. The fourth-order valence-electron chi connectivity index (χ4n) is 5.15. The number of morpholine rings is 1. The molecule has 0 bridgehead atoms. The lowest BCUT2D eigenvalue weighted by atomic mass is 9.96. The molecule has 5 rings (SSSR count). The number of carbonyl (C=O) groups is 1. The molecule has 0 aromatic carbocycles. The molecule has 1 atom stereocenters. The van der Waals surface area contributed by atoms with Gasteiger partial charge in [-0.2, -0.15) is 10.4 Å². The summed E-state index contributed by atoms with van der Waals surface area (Å²) >= 11 is 0. The van der Waals surface area contributed by atoms with E-state index in [1.807, 2.05) is 39.7 Å². The van der Waals surface area contributed by atoms with E-state index in [0.29, 0.717) is 44.5 Å². The molecule has 2 aliphatic rings. The first kappa shape index (κ1) is 22.3. The maximum atomic E-state index is 12.8. The molecule has 1 saturated carbocycles. The van der Waals surface area contributed by atoms with Gasteiger partial charge in [0.2, 0.25) is 5.91 Å². The van der Waals surface area contributed by atoms with E-state index < -0.39 is 0 Å². The third-order valence-electron chi connectivity index (χ3n) is 7.00. The summed E-state index contributed by atoms with van der Waals surface area (Å²) in [5.74, 6) is 1.05. The summed E-state index contributed by atoms with van der Waals surface area (Å²) in [7, 11) is 1.95. The van der Waals surface area contributed by atoms with Gasteiger partial charge in [0.1, 0.15) is 12.0 Å². The molecule has 1 saturated heterocycles. The third kappa shape index (κ3) is 4.35. The summed E-state index contributed by atoms with van der Waals surface area (Å²) in [4.78, 5) is 23.6. The molecule has 178 valence electrons. The number of nitrogens with zero attached hydrogens (tertiary/aromatic N) is 7. The van der Waals surface area contributed by atoms with Crippen LogP contribution in [0.3, 0.4) is 0 Å². The molecule has 10 heteroatoms. The molecule has 3 aromatic rings. The van der Waals surface area contributed by atoms with Crippen molar-refractivity contribution in [3.8, 4) is 17.3 Å². The number of rotatable bonds is 7. The predicted octanol–water partition coefficient (Wildman–Crippen LogP) is 2.75. The highest BCUT2D eigenvalue weighted by molar-refractivity contribution is 5.94. The molecular weight excluding hydrogens is 432 g/mol. The van der Waals surface area contributed by atoms with Crippen molar-refractivity contribution in [1.29, 1.82) is 5.26 Å². The van der Waals surface area contributed by atoms with E-state index in [1.165, 1.54) is 12.8 Å². The Morgan fingerprint density at radius 1 is 1.29 bits per heavy atom. The minimum atomic E-state index is 0.00449. The Labute approximate surface area is 198 Å². The van der Waals surface area contributed by atoms with Crippen molar-refractivity contribution in [2.75, 3.05) is 38.2 Å². The van der Waals surface area contributed by atoms with Crippen molar-refractivity contribution in [3.63, 3.8) is 0 Å². The highest BCUT2D eigenvalue weighted by Crippen LogP contribution is 2.38. The van der Waals surface area contributed by atoms with Gasteiger partial charge in [-0.05, 0) is 24.8 Å². The van der Waals surface area contributed by atoms with E-state index in [0.717, 1.165) is 35.1 Å². The van der Waals surface area contributed by atoms with Crippen molar-refractivity contribution < 1.29 is 9.53 Å². The van der Waals surface area contributed by atoms with Crippen molar-refractivity contribution in [3.05, 3.63) is 24.8 Å². The monoisotopic (exact) mass is 462 g/mol. The van der Waals surface area contributed by atoms with E-state index in [4.69, 9.17) is 9.84 Å². The molecular formula is C24H30N8O2. The molecule has 2 fully saturated rings. The van der Waals surface area contributed by atoms with Gasteiger partial charge in [-0.3, -0.25) is 9.48 Å². The summed E-state index contributed by atoms with van der Waals surface area (Å²) in [6.45, 7) is 2.47. The number of nitriles is 1. The second-order valence-corrected chi connectivity index (χ2v) is 9.08. The highest BCUT2D eigenvalue weighted by Gasteiger charge is 2.29. The van der Waals surface area contributed by atoms with Crippen molar-refractivity contribution in [1.82, 2.24) is 29.2 Å². The van der Waals surface area contributed by atoms with Gasteiger partial charge < -0.3 is 19.5 Å². The predicted molar refractivity (Wildman–Crippen MR) is 127 cm³/mol. The standard InChI is InChI=1S/C24H30N8O2/c1-30-9-7-18-22(27-16-28-24(18)30)19-15-32(20(6-8-25)17-4-2-3-5-17)29-23(19)26-14-21(33)31-10-12-34-13-11-31/h7,9,15-17,20H,2-6,10-14H2,1H3,(H,26,29). The van der Waals surface area contributed by atoms with Crippen LogP contribution in [0.2, 0.25) is 0 Å². The highest BCUT2D eigenvalue weighted by atomic mass is 16.5. The number of nitrogens with one attached hydrogen (secondary N) is 1. The lowest BCUT2D eigenvalue weighted by Gasteiger charge is -2.27. The second kappa shape index (κ2) is 9.81. The minimum Gasteiger partial charge on any atom is -0.378 e. The Kier molecular flexibility index (Phi) is 6.45. The van der Waals surface area contributed by atoms with Gasteiger partial charge in [-0.15, -0.1) is 0 Å². The summed E-state index contributed by atoms with van der Waals surface area (Å²) in [6.07, 6.45) is 10.5. The van der Waals surface area contributed by atoms with Gasteiger partial charge in [0.05, 0.1) is 49.5 Å². The van der Waals surface area contributed by atoms with Crippen LogP contribution in [-0.2, 0) is 16.6 Å². The Hall–Kier alpha value is -3.45. The number of fused-ring (bicyclic) bond motifs is 1. The van der Waals surface area contributed by atoms with Crippen LogP contribution in [0.1, 0.15) is 38.1 Å². The van der Waals surface area contributed by atoms with Crippen LogP contribution in [-0.4, -0.2) is 68.0 Å². The second-order valence-electron chi connectivity index (χ2n) is 9.08. The van der Waals surface area contributed by atoms with E-state index >= 15 is 0 Å². The molecule has 1 aliphatic carbocycles. The molecule has 1 unspecified atom stereocenters. The summed E-state index contributed by atoms with van der Waals surface area (Å²) < 4.78 is 9.24. The van der Waals surface area contributed by atoms with Crippen LogP contribution in [0, 0.1) is 17.2 Å². The van der Waals surface area contributed by atoms with E-state index in [-0.39, 0.29) is 18.5 Å². The molecule has 4 heterocycles. The van der Waals surface area contributed by atoms with Crippen LogP contribution in [0.15, 0.2) is 24.8 Å². The number of anilines is 1. The molecule has 10 nitrogen and oxygen atoms in total. The van der Waals surface area contributed by atoms with Gasteiger partial charge >= 0.3 is 0 Å². The zero-order chi connectivity index (χ0) is 23.5. The zero-order valence-electron chi connectivity index (χ0n) is 19.5. The van der Waals surface area contributed by atoms with Crippen molar-refractivity contribution in [2.45, 2.75) is 38.1 Å². The number of ether oxygens (including phenoxy) is 1. The number of hydrogen-bond donors (Lipinski definition) is 1. The first-order valence-corrected chi connectivity index (χ1v) is 12.0. The molecule has 1 N–H and O–H groups in total. The van der Waals surface area contributed by atoms with Gasteiger partial charge in [0.15, 0.2) is 5.82 Å². The van der Waals surface area contributed by atoms with Crippen LogP contribution in [0.4, 0.5) is 5.82 Å². The van der Waals surface area contributed by atoms with E-state index in [1.54, 1.807) is 6.33 Å². The normalized spacial score (nSPS) is 17.7. The summed E-state index contributed by atoms with van der Waals surface area (Å²) in [6, 6.07) is 4.35. The van der Waals surface area contributed by atoms with E-state index in [9.17, 15) is 10.1 Å². The summed E-state index contributed by atoms with van der Waals surface area (Å²) in [5.41, 5.74) is 2.41. The largest absolute Gasteiger partial charge is 0.378 e. The molecule has 34 heavy (non-hydrogen) atoms. The van der Waals surface area contributed by atoms with Crippen LogP contribution in [0.5, 0.6) is 0 Å². The Balaban J connectivity index is 1.50. The maximum absolute atomic E-state index is 12.8. The molecule has 3 aromatic heterocycles. The fraction of sp³-hybridized carbons (Fsp3) is 0.542. The smallest absolute Gasteiger partial charge is 0.242 e. The van der Waals surface area contributed by atoms with Crippen molar-refractivity contribution >= 4 is 22.8 Å². The van der Waals surface area contributed by atoms with Gasteiger partial charge in [-0.1, -0.05) is 12.8 Å². The van der Waals surface area contributed by atoms with Crippen LogP contribution in [0.25, 0.3) is 22.3 Å². The Morgan fingerprint density at radius 3 is 2.85 bits per heavy atom. The first-order valence-electron chi connectivity index (χ1n) is 12.0. The topological polar surface area (TPSA) is 114 Å².